The van der Waals surface area contributed by atoms with Crippen LogP contribution in [0.4, 0.5) is 0 Å². The van der Waals surface area contributed by atoms with Crippen molar-refractivity contribution in [3.8, 4) is 0 Å². The average Bonchev–Trinajstić information content (AvgIpc) is 2.79. The molecule has 4 heteroatoms. The molecule has 0 spiro atoms. The summed E-state index contributed by atoms with van der Waals surface area (Å²) in [6.07, 6.45) is 4.22. The standard InChI is InChI=1S/C13H26N2O2/c1-4-15(5-2)12(17)11(3)14-13(10-16)8-6-7-9-13/h11,14,16H,4-10H2,1-3H3. The van der Waals surface area contributed by atoms with Gasteiger partial charge >= 0.3 is 0 Å². The quantitative estimate of drug-likeness (QED) is 0.734. The highest BCUT2D eigenvalue weighted by Crippen LogP contribution is 2.29. The Labute approximate surface area is 104 Å². The number of hydrogen-bond donors (Lipinski definition) is 2. The van der Waals surface area contributed by atoms with Gasteiger partial charge in [-0.05, 0) is 33.6 Å². The maximum Gasteiger partial charge on any atom is 0.239 e. The van der Waals surface area contributed by atoms with Crippen molar-refractivity contribution in [2.75, 3.05) is 19.7 Å². The fraction of sp³-hybridized carbons (Fsp3) is 0.923. The Hall–Kier alpha value is -0.610. The lowest BCUT2D eigenvalue weighted by Gasteiger charge is -2.33. The Kier molecular flexibility index (Phi) is 5.40. The monoisotopic (exact) mass is 242 g/mol. The van der Waals surface area contributed by atoms with Gasteiger partial charge in [0.1, 0.15) is 0 Å². The molecule has 1 aliphatic rings. The molecule has 0 radical (unpaired) electrons. The summed E-state index contributed by atoms with van der Waals surface area (Å²) in [5, 5.41) is 12.9. The van der Waals surface area contributed by atoms with Crippen LogP contribution in [0, 0.1) is 0 Å². The Morgan fingerprint density at radius 3 is 2.29 bits per heavy atom. The Bertz CT molecular complexity index is 246. The van der Waals surface area contributed by atoms with Gasteiger partial charge in [0, 0.05) is 18.6 Å². The first kappa shape index (κ1) is 14.5. The van der Waals surface area contributed by atoms with E-state index in [2.05, 4.69) is 5.32 Å². The average molecular weight is 242 g/mol. The molecule has 1 aliphatic carbocycles. The van der Waals surface area contributed by atoms with Crippen molar-refractivity contribution in [3.05, 3.63) is 0 Å². The number of nitrogens with one attached hydrogen (secondary N) is 1. The molecule has 0 aromatic heterocycles. The molecule has 100 valence electrons. The van der Waals surface area contributed by atoms with Crippen molar-refractivity contribution >= 4 is 5.91 Å². The van der Waals surface area contributed by atoms with Crippen LogP contribution in [0.1, 0.15) is 46.5 Å². The molecule has 0 aliphatic heterocycles. The van der Waals surface area contributed by atoms with Crippen molar-refractivity contribution in [2.45, 2.75) is 58.0 Å². The highest BCUT2D eigenvalue weighted by molar-refractivity contribution is 5.81. The van der Waals surface area contributed by atoms with E-state index in [1.807, 2.05) is 25.7 Å². The molecule has 1 saturated carbocycles. The van der Waals surface area contributed by atoms with Crippen molar-refractivity contribution in [3.63, 3.8) is 0 Å². The topological polar surface area (TPSA) is 52.6 Å². The van der Waals surface area contributed by atoms with Crippen LogP contribution in [0.5, 0.6) is 0 Å². The summed E-state index contributed by atoms with van der Waals surface area (Å²) in [6, 6.07) is -0.208. The van der Waals surface area contributed by atoms with Crippen LogP contribution in [0.15, 0.2) is 0 Å². The zero-order chi connectivity index (χ0) is 12.9. The highest BCUT2D eigenvalue weighted by Gasteiger charge is 2.36. The van der Waals surface area contributed by atoms with Gasteiger partial charge in [-0.2, -0.15) is 0 Å². The lowest BCUT2D eigenvalue weighted by Crippen LogP contribution is -2.55. The summed E-state index contributed by atoms with van der Waals surface area (Å²) in [5.41, 5.74) is -0.220. The largest absolute Gasteiger partial charge is 0.394 e. The van der Waals surface area contributed by atoms with Crippen molar-refractivity contribution < 1.29 is 9.90 Å². The minimum Gasteiger partial charge on any atom is -0.394 e. The van der Waals surface area contributed by atoms with E-state index in [-0.39, 0.29) is 24.1 Å². The summed E-state index contributed by atoms with van der Waals surface area (Å²) in [4.78, 5) is 14.0. The molecule has 1 rings (SSSR count). The third-order valence-corrected chi connectivity index (χ3v) is 3.83. The third kappa shape index (κ3) is 3.42. The summed E-state index contributed by atoms with van der Waals surface area (Å²) < 4.78 is 0. The van der Waals surface area contributed by atoms with E-state index in [1.54, 1.807) is 0 Å². The van der Waals surface area contributed by atoms with Gasteiger partial charge in [0.05, 0.1) is 12.6 Å². The molecule has 0 bridgehead atoms. The van der Waals surface area contributed by atoms with E-state index in [9.17, 15) is 9.90 Å². The first-order chi connectivity index (χ1) is 8.08. The van der Waals surface area contributed by atoms with Gasteiger partial charge in [-0.3, -0.25) is 10.1 Å². The number of nitrogens with zero attached hydrogens (tertiary/aromatic N) is 1. The summed E-state index contributed by atoms with van der Waals surface area (Å²) in [5.74, 6) is 0.134. The van der Waals surface area contributed by atoms with Gasteiger partial charge in [0.15, 0.2) is 0 Å². The Morgan fingerprint density at radius 1 is 1.35 bits per heavy atom. The second kappa shape index (κ2) is 6.36. The number of amides is 1. The number of aliphatic hydroxyl groups excluding tert-OH is 1. The molecule has 1 atom stereocenters. The molecular weight excluding hydrogens is 216 g/mol. The smallest absolute Gasteiger partial charge is 0.239 e. The predicted octanol–water partition coefficient (Wildman–Crippen LogP) is 1.14. The second-order valence-electron chi connectivity index (χ2n) is 5.02. The molecule has 1 unspecified atom stereocenters. The number of carbonyl (C=O) groups is 1. The summed E-state index contributed by atoms with van der Waals surface area (Å²) >= 11 is 0. The van der Waals surface area contributed by atoms with Crippen LogP contribution >= 0.6 is 0 Å². The van der Waals surface area contributed by atoms with Gasteiger partial charge in [-0.15, -0.1) is 0 Å². The van der Waals surface area contributed by atoms with Crippen LogP contribution in [0.2, 0.25) is 0 Å². The van der Waals surface area contributed by atoms with Crippen molar-refractivity contribution in [2.24, 2.45) is 0 Å². The number of carbonyl (C=O) groups excluding carboxylic acids is 1. The van der Waals surface area contributed by atoms with E-state index in [0.29, 0.717) is 0 Å². The first-order valence-corrected chi connectivity index (χ1v) is 6.76. The van der Waals surface area contributed by atoms with E-state index < -0.39 is 0 Å². The SMILES string of the molecule is CCN(CC)C(=O)C(C)NC1(CO)CCCC1. The van der Waals surface area contributed by atoms with Gasteiger partial charge in [0.25, 0.3) is 0 Å². The van der Waals surface area contributed by atoms with Crippen LogP contribution in [0.25, 0.3) is 0 Å². The fourth-order valence-electron chi connectivity index (χ4n) is 2.73. The zero-order valence-electron chi connectivity index (χ0n) is 11.3. The Morgan fingerprint density at radius 2 is 1.88 bits per heavy atom. The molecule has 17 heavy (non-hydrogen) atoms. The van der Waals surface area contributed by atoms with Crippen molar-refractivity contribution in [1.29, 1.82) is 0 Å². The fourth-order valence-corrected chi connectivity index (χ4v) is 2.73. The van der Waals surface area contributed by atoms with Crippen LogP contribution in [-0.2, 0) is 4.79 Å². The summed E-state index contributed by atoms with van der Waals surface area (Å²) in [7, 11) is 0. The molecule has 1 fully saturated rings. The normalized spacial score (nSPS) is 20.2. The van der Waals surface area contributed by atoms with E-state index in [0.717, 1.165) is 38.8 Å². The first-order valence-electron chi connectivity index (χ1n) is 6.76. The van der Waals surface area contributed by atoms with Gasteiger partial charge in [-0.25, -0.2) is 0 Å². The van der Waals surface area contributed by atoms with Crippen LogP contribution < -0.4 is 5.32 Å². The molecular formula is C13H26N2O2. The lowest BCUT2D eigenvalue weighted by molar-refractivity contribution is -0.133. The van der Waals surface area contributed by atoms with E-state index >= 15 is 0 Å². The van der Waals surface area contributed by atoms with E-state index in [1.165, 1.54) is 0 Å². The predicted molar refractivity (Wildman–Crippen MR) is 68.8 cm³/mol. The molecule has 2 N–H and O–H groups in total. The molecule has 0 aromatic carbocycles. The van der Waals surface area contributed by atoms with Gasteiger partial charge in [0.2, 0.25) is 5.91 Å². The summed E-state index contributed by atoms with van der Waals surface area (Å²) in [6.45, 7) is 7.50. The maximum absolute atomic E-state index is 12.1. The minimum absolute atomic E-state index is 0.128. The molecule has 4 nitrogen and oxygen atoms in total. The minimum atomic E-state index is -0.220. The maximum atomic E-state index is 12.1. The molecule has 0 aromatic rings. The lowest BCUT2D eigenvalue weighted by atomic mass is 9.97. The molecule has 1 amide bonds. The van der Waals surface area contributed by atoms with Crippen LogP contribution in [-0.4, -0.2) is 47.2 Å². The number of aliphatic hydroxyl groups is 1. The zero-order valence-corrected chi connectivity index (χ0v) is 11.3. The Balaban J connectivity index is 2.58. The van der Waals surface area contributed by atoms with E-state index in [4.69, 9.17) is 0 Å². The van der Waals surface area contributed by atoms with Crippen LogP contribution in [0.3, 0.4) is 0 Å². The highest BCUT2D eigenvalue weighted by atomic mass is 16.3. The molecule has 0 heterocycles. The van der Waals surface area contributed by atoms with Gasteiger partial charge in [-0.1, -0.05) is 12.8 Å². The third-order valence-electron chi connectivity index (χ3n) is 3.83. The number of likely N-dealkylation sites (N-methyl/N-ethyl adjacent to an activating group) is 1. The van der Waals surface area contributed by atoms with Crippen molar-refractivity contribution in [1.82, 2.24) is 10.2 Å². The van der Waals surface area contributed by atoms with Gasteiger partial charge < -0.3 is 10.0 Å². The number of hydrogen-bond acceptors (Lipinski definition) is 3. The second-order valence-corrected chi connectivity index (χ2v) is 5.02. The molecule has 0 saturated heterocycles. The number of rotatable bonds is 6.